The zero-order valence-corrected chi connectivity index (χ0v) is 13.9. The Labute approximate surface area is 133 Å². The van der Waals surface area contributed by atoms with Gasteiger partial charge in [-0.25, -0.2) is 0 Å². The van der Waals surface area contributed by atoms with Crippen LogP contribution >= 0.6 is 0 Å². The van der Waals surface area contributed by atoms with Crippen molar-refractivity contribution in [1.29, 1.82) is 0 Å². The lowest BCUT2D eigenvalue weighted by Crippen LogP contribution is -2.51. The predicted octanol–water partition coefficient (Wildman–Crippen LogP) is 2.69. The van der Waals surface area contributed by atoms with Crippen molar-refractivity contribution in [1.82, 2.24) is 4.90 Å². The molecule has 1 aromatic carbocycles. The second kappa shape index (κ2) is 6.09. The first-order chi connectivity index (χ1) is 10.5. The average Bonchev–Trinajstić information content (AvgIpc) is 2.47. The third-order valence-corrected chi connectivity index (χ3v) is 5.25. The smallest absolute Gasteiger partial charge is 0.160 e. The molecule has 1 saturated heterocycles. The standard InChI is InChI=1S/C18H28N2O2/c1-11(2)6-13-10-20-5-4-12-7-17(21)18(22-3)8-14(12)16(20)9-15(13)19/h7-8,11,13,15-16,21H,4-6,9-10,19H2,1-3H3/t13-,15+,16?/m1/s1. The van der Waals surface area contributed by atoms with E-state index >= 15 is 0 Å². The normalized spacial score (nSPS) is 28.3. The number of nitrogens with zero attached hydrogens (tertiary/aromatic N) is 1. The van der Waals surface area contributed by atoms with Crippen LogP contribution in [0.25, 0.3) is 0 Å². The Morgan fingerprint density at radius 2 is 2.18 bits per heavy atom. The highest BCUT2D eigenvalue weighted by Crippen LogP contribution is 2.42. The van der Waals surface area contributed by atoms with E-state index in [1.54, 1.807) is 7.11 Å². The van der Waals surface area contributed by atoms with E-state index in [1.807, 2.05) is 12.1 Å². The van der Waals surface area contributed by atoms with Crippen molar-refractivity contribution in [2.24, 2.45) is 17.6 Å². The van der Waals surface area contributed by atoms with Gasteiger partial charge in [0.15, 0.2) is 11.5 Å². The van der Waals surface area contributed by atoms with Crippen molar-refractivity contribution in [2.45, 2.75) is 45.2 Å². The molecule has 0 aromatic heterocycles. The zero-order valence-electron chi connectivity index (χ0n) is 13.9. The molecule has 0 radical (unpaired) electrons. The zero-order chi connectivity index (χ0) is 15.9. The summed E-state index contributed by atoms with van der Waals surface area (Å²) in [6, 6.07) is 4.51. The van der Waals surface area contributed by atoms with Crippen molar-refractivity contribution in [3.63, 3.8) is 0 Å². The molecule has 1 unspecified atom stereocenters. The SMILES string of the molecule is COc1cc2c(cc1O)CCN1C[C@@H](CC(C)C)[C@@H](N)CC21. The predicted molar refractivity (Wildman–Crippen MR) is 88.2 cm³/mol. The van der Waals surface area contributed by atoms with E-state index in [9.17, 15) is 5.11 Å². The number of phenols is 1. The Morgan fingerprint density at radius 1 is 1.41 bits per heavy atom. The number of fused-ring (bicyclic) bond motifs is 3. The quantitative estimate of drug-likeness (QED) is 0.901. The maximum Gasteiger partial charge on any atom is 0.160 e. The highest BCUT2D eigenvalue weighted by Gasteiger charge is 2.37. The summed E-state index contributed by atoms with van der Waals surface area (Å²) in [5.41, 5.74) is 9.02. The van der Waals surface area contributed by atoms with E-state index in [1.165, 1.54) is 17.5 Å². The van der Waals surface area contributed by atoms with Crippen LogP contribution in [0.1, 0.15) is 43.9 Å². The van der Waals surface area contributed by atoms with Gasteiger partial charge in [-0.3, -0.25) is 4.90 Å². The van der Waals surface area contributed by atoms with Crippen LogP contribution in [-0.2, 0) is 6.42 Å². The first-order valence-electron chi connectivity index (χ1n) is 8.39. The number of rotatable bonds is 3. The number of aromatic hydroxyl groups is 1. The highest BCUT2D eigenvalue weighted by molar-refractivity contribution is 5.48. The Kier molecular flexibility index (Phi) is 4.33. The fourth-order valence-electron chi connectivity index (χ4n) is 4.17. The minimum absolute atomic E-state index is 0.243. The van der Waals surface area contributed by atoms with Crippen LogP contribution in [0.15, 0.2) is 12.1 Å². The summed E-state index contributed by atoms with van der Waals surface area (Å²) >= 11 is 0. The van der Waals surface area contributed by atoms with Gasteiger partial charge in [0.1, 0.15) is 0 Å². The number of benzene rings is 1. The van der Waals surface area contributed by atoms with Crippen LogP contribution in [0.5, 0.6) is 11.5 Å². The highest BCUT2D eigenvalue weighted by atomic mass is 16.5. The van der Waals surface area contributed by atoms with Crippen LogP contribution in [0.4, 0.5) is 0 Å². The van der Waals surface area contributed by atoms with Crippen LogP contribution in [0, 0.1) is 11.8 Å². The molecule has 4 nitrogen and oxygen atoms in total. The van der Waals surface area contributed by atoms with Gasteiger partial charge in [0.25, 0.3) is 0 Å². The van der Waals surface area contributed by atoms with Gasteiger partial charge in [-0.15, -0.1) is 0 Å². The van der Waals surface area contributed by atoms with Crippen molar-refractivity contribution >= 4 is 0 Å². The molecule has 22 heavy (non-hydrogen) atoms. The Balaban J connectivity index is 1.86. The molecule has 3 rings (SSSR count). The third-order valence-electron chi connectivity index (χ3n) is 5.25. The first kappa shape index (κ1) is 15.6. The molecule has 0 bridgehead atoms. The lowest BCUT2D eigenvalue weighted by Gasteiger charge is -2.46. The van der Waals surface area contributed by atoms with Gasteiger partial charge < -0.3 is 15.6 Å². The van der Waals surface area contributed by atoms with Crippen molar-refractivity contribution in [2.75, 3.05) is 20.2 Å². The Morgan fingerprint density at radius 3 is 2.86 bits per heavy atom. The van der Waals surface area contributed by atoms with Gasteiger partial charge in [0.05, 0.1) is 7.11 Å². The molecular formula is C18H28N2O2. The van der Waals surface area contributed by atoms with Crippen molar-refractivity contribution in [3.8, 4) is 11.5 Å². The van der Waals surface area contributed by atoms with Gasteiger partial charge in [-0.2, -0.15) is 0 Å². The van der Waals surface area contributed by atoms with Crippen molar-refractivity contribution < 1.29 is 9.84 Å². The molecule has 2 aliphatic rings. The molecule has 1 aromatic rings. The van der Waals surface area contributed by atoms with E-state index in [0.717, 1.165) is 25.9 Å². The lowest BCUT2D eigenvalue weighted by molar-refractivity contribution is 0.0739. The molecule has 2 aliphatic heterocycles. The van der Waals surface area contributed by atoms with E-state index in [-0.39, 0.29) is 11.8 Å². The number of nitrogens with two attached hydrogens (primary N) is 1. The van der Waals surface area contributed by atoms with Crippen molar-refractivity contribution in [3.05, 3.63) is 23.3 Å². The molecule has 3 atom stereocenters. The van der Waals surface area contributed by atoms with Crippen LogP contribution in [0.3, 0.4) is 0 Å². The molecule has 3 N–H and O–H groups in total. The van der Waals surface area contributed by atoms with Gasteiger partial charge >= 0.3 is 0 Å². The summed E-state index contributed by atoms with van der Waals surface area (Å²) in [6.45, 7) is 6.70. The monoisotopic (exact) mass is 304 g/mol. The molecule has 0 aliphatic carbocycles. The Hall–Kier alpha value is -1.26. The molecule has 0 amide bonds. The number of hydrogen-bond acceptors (Lipinski definition) is 4. The van der Waals surface area contributed by atoms with Gasteiger partial charge in [0.2, 0.25) is 0 Å². The number of methoxy groups -OCH3 is 1. The summed E-state index contributed by atoms with van der Waals surface area (Å²) < 4.78 is 5.29. The number of piperidine rings is 1. The van der Waals surface area contributed by atoms with Gasteiger partial charge in [-0.1, -0.05) is 13.8 Å². The average molecular weight is 304 g/mol. The first-order valence-corrected chi connectivity index (χ1v) is 8.39. The molecule has 2 heterocycles. The van der Waals surface area contributed by atoms with Gasteiger partial charge in [-0.05, 0) is 54.4 Å². The summed E-state index contributed by atoms with van der Waals surface area (Å²) in [7, 11) is 1.60. The second-order valence-corrected chi connectivity index (χ2v) is 7.27. The number of phenolic OH excluding ortho intramolecular Hbond substituents is 1. The van der Waals surface area contributed by atoms with E-state index in [2.05, 4.69) is 18.7 Å². The van der Waals surface area contributed by atoms with Crippen LogP contribution in [0.2, 0.25) is 0 Å². The molecule has 122 valence electrons. The Bertz CT molecular complexity index is 544. The summed E-state index contributed by atoms with van der Waals surface area (Å²) in [5.74, 6) is 2.10. The summed E-state index contributed by atoms with van der Waals surface area (Å²) in [5, 5.41) is 9.99. The molecule has 4 heteroatoms. The summed E-state index contributed by atoms with van der Waals surface area (Å²) in [4.78, 5) is 2.58. The molecule has 0 spiro atoms. The fraction of sp³-hybridized carbons (Fsp3) is 0.667. The third kappa shape index (κ3) is 2.82. The largest absolute Gasteiger partial charge is 0.504 e. The maximum atomic E-state index is 9.99. The van der Waals surface area contributed by atoms with Crippen LogP contribution < -0.4 is 10.5 Å². The maximum absolute atomic E-state index is 9.99. The number of ether oxygens (including phenoxy) is 1. The van der Waals surface area contributed by atoms with Crippen LogP contribution in [-0.4, -0.2) is 36.2 Å². The van der Waals surface area contributed by atoms with E-state index < -0.39 is 0 Å². The van der Waals surface area contributed by atoms with E-state index in [4.69, 9.17) is 10.5 Å². The topological polar surface area (TPSA) is 58.7 Å². The molecular weight excluding hydrogens is 276 g/mol. The number of hydrogen-bond donors (Lipinski definition) is 2. The molecule has 0 saturated carbocycles. The second-order valence-electron chi connectivity index (χ2n) is 7.27. The minimum atomic E-state index is 0.243. The minimum Gasteiger partial charge on any atom is -0.504 e. The lowest BCUT2D eigenvalue weighted by atomic mass is 9.78. The summed E-state index contributed by atoms with van der Waals surface area (Å²) in [6.07, 6.45) is 3.20. The van der Waals surface area contributed by atoms with Gasteiger partial charge in [0, 0.05) is 25.2 Å². The van der Waals surface area contributed by atoms with E-state index in [0.29, 0.717) is 23.6 Å². The molecule has 1 fully saturated rings. The fourth-order valence-corrected chi connectivity index (χ4v) is 4.17.